The average molecular weight is 664 g/mol. The predicted octanol–water partition coefficient (Wildman–Crippen LogP) is 6.11. The van der Waals surface area contributed by atoms with Crippen LogP contribution in [0, 0.1) is 18.6 Å². The number of carbonyl (C=O) groups is 2. The van der Waals surface area contributed by atoms with Crippen LogP contribution in [0.1, 0.15) is 52.8 Å². The molecule has 2 aliphatic rings. The second kappa shape index (κ2) is 11.3. The van der Waals surface area contributed by atoms with Gasteiger partial charge in [0.25, 0.3) is 0 Å². The van der Waals surface area contributed by atoms with Gasteiger partial charge in [0.05, 0.1) is 22.5 Å². The quantitative estimate of drug-likeness (QED) is 0.124. The van der Waals surface area contributed by atoms with Crippen LogP contribution in [-0.4, -0.2) is 56.4 Å². The van der Waals surface area contributed by atoms with E-state index in [1.165, 1.54) is 27.1 Å². The Morgan fingerprint density at radius 1 is 1.08 bits per heavy atom. The van der Waals surface area contributed by atoms with E-state index in [0.717, 1.165) is 31.2 Å². The summed E-state index contributed by atoms with van der Waals surface area (Å²) < 4.78 is 77.2. The molecule has 14 heteroatoms. The Kier molecular flexibility index (Phi) is 7.38. The van der Waals surface area contributed by atoms with Crippen LogP contribution in [-0.2, 0) is 17.4 Å². The number of amides is 1. The zero-order chi connectivity index (χ0) is 34.1. The second-order valence-corrected chi connectivity index (χ2v) is 12.5. The highest BCUT2D eigenvalue weighted by atomic mass is 19.4. The minimum absolute atomic E-state index is 0.0105. The predicted molar refractivity (Wildman–Crippen MR) is 169 cm³/mol. The third kappa shape index (κ3) is 5.39. The first-order valence-electron chi connectivity index (χ1n) is 15.3. The topological polar surface area (TPSA) is 96.0 Å². The van der Waals surface area contributed by atoms with E-state index in [1.807, 2.05) is 0 Å². The van der Waals surface area contributed by atoms with Crippen molar-refractivity contribution in [2.75, 3.05) is 30.4 Å². The number of rotatable bonds is 7. The van der Waals surface area contributed by atoms with Gasteiger partial charge in [0.2, 0.25) is 11.7 Å². The number of alkyl halides is 3. The first-order valence-corrected chi connectivity index (χ1v) is 15.3. The van der Waals surface area contributed by atoms with Crippen molar-refractivity contribution >= 4 is 34.2 Å². The number of hydrogen-bond acceptors (Lipinski definition) is 6. The van der Waals surface area contributed by atoms with Crippen molar-refractivity contribution < 1.29 is 31.5 Å². The first-order chi connectivity index (χ1) is 22.8. The van der Waals surface area contributed by atoms with Crippen molar-refractivity contribution in [3.05, 3.63) is 94.7 Å². The molecular formula is C34H30F5N7O2. The molecule has 1 fully saturated rings. The zero-order valence-electron chi connectivity index (χ0n) is 26.2. The van der Waals surface area contributed by atoms with Gasteiger partial charge in [-0.15, -0.1) is 10.2 Å². The van der Waals surface area contributed by atoms with Crippen LogP contribution in [0.2, 0.25) is 0 Å². The summed E-state index contributed by atoms with van der Waals surface area (Å²) in [5.74, 6) is -3.50. The molecule has 5 heterocycles. The SMILES string of the molecule is Cc1nnc2c3c(c(C(F)(F)F)cn12)-c1cccn2c(C(=O)c4cc(F)c(NC(=O)/C=C/CNC5(C)CC5)c(F)c4)cc(c12)CCN3C. The number of pyridine rings is 2. The van der Waals surface area contributed by atoms with Gasteiger partial charge in [-0.2, -0.15) is 13.2 Å². The van der Waals surface area contributed by atoms with Crippen molar-refractivity contribution in [1.82, 2.24) is 24.3 Å². The number of hydrogen-bond donors (Lipinski definition) is 2. The molecule has 9 nitrogen and oxygen atoms in total. The summed E-state index contributed by atoms with van der Waals surface area (Å²) >= 11 is 0. The Balaban J connectivity index is 1.28. The maximum atomic E-state index is 15.2. The molecule has 1 saturated carbocycles. The zero-order valence-corrected chi connectivity index (χ0v) is 26.2. The lowest BCUT2D eigenvalue weighted by atomic mass is 9.94. The number of fused-ring (bicyclic) bond motifs is 4. The lowest BCUT2D eigenvalue weighted by molar-refractivity contribution is -0.137. The fourth-order valence-corrected chi connectivity index (χ4v) is 6.25. The molecule has 0 unspecified atom stereocenters. The molecule has 4 aromatic heterocycles. The van der Waals surface area contributed by atoms with E-state index in [9.17, 15) is 22.8 Å². The molecule has 0 saturated heterocycles. The molecule has 1 aliphatic heterocycles. The molecule has 248 valence electrons. The van der Waals surface area contributed by atoms with E-state index < -0.39 is 40.8 Å². The Hall–Kier alpha value is -5.11. The summed E-state index contributed by atoms with van der Waals surface area (Å²) in [6.07, 6.45) is 2.89. The van der Waals surface area contributed by atoms with Crippen molar-refractivity contribution in [3.8, 4) is 11.1 Å². The summed E-state index contributed by atoms with van der Waals surface area (Å²) in [5, 5.41) is 13.6. The first kappa shape index (κ1) is 31.5. The van der Waals surface area contributed by atoms with Crippen LogP contribution in [0.4, 0.5) is 33.3 Å². The van der Waals surface area contributed by atoms with Gasteiger partial charge < -0.3 is 19.9 Å². The summed E-state index contributed by atoms with van der Waals surface area (Å²) in [5.41, 5.74) is -0.328. The van der Waals surface area contributed by atoms with Gasteiger partial charge in [0.15, 0.2) is 5.65 Å². The standard InChI is InChI=1S/C34H30F5N7O2/c1-18-42-43-32-30-27(22(17-46(18)32)34(37,38)39)21-6-5-12-45-25(16-19(29(21)45)8-13-44(30)3)31(48)20-14-23(35)28(24(36)15-20)41-26(47)7-4-11-40-33(2)9-10-33/h4-7,12,14-17,40H,8-11,13H2,1-3H3,(H,41,47)/b7-4+. The lowest BCUT2D eigenvalue weighted by Gasteiger charge is -2.28. The van der Waals surface area contributed by atoms with Gasteiger partial charge >= 0.3 is 6.18 Å². The molecule has 0 atom stereocenters. The van der Waals surface area contributed by atoms with Gasteiger partial charge in [0.1, 0.15) is 23.1 Å². The Bertz CT molecular complexity index is 2160. The van der Waals surface area contributed by atoms with E-state index in [4.69, 9.17) is 0 Å². The van der Waals surface area contributed by atoms with Crippen LogP contribution in [0.15, 0.2) is 54.9 Å². The minimum atomic E-state index is -4.75. The maximum Gasteiger partial charge on any atom is 0.418 e. The smallest absolute Gasteiger partial charge is 0.371 e. The number of anilines is 2. The molecule has 0 radical (unpaired) electrons. The van der Waals surface area contributed by atoms with E-state index in [0.29, 0.717) is 29.9 Å². The van der Waals surface area contributed by atoms with Crippen molar-refractivity contribution in [3.63, 3.8) is 0 Å². The number of aryl methyl sites for hydroxylation is 1. The van der Waals surface area contributed by atoms with Crippen LogP contribution in [0.5, 0.6) is 0 Å². The summed E-state index contributed by atoms with van der Waals surface area (Å²) in [6, 6.07) is 6.27. The lowest BCUT2D eigenvalue weighted by Crippen LogP contribution is -2.27. The van der Waals surface area contributed by atoms with Crippen LogP contribution in [0.3, 0.4) is 0 Å². The summed E-state index contributed by atoms with van der Waals surface area (Å²) in [6.45, 7) is 4.32. The minimum Gasteiger partial charge on any atom is -0.371 e. The Morgan fingerprint density at radius 3 is 2.50 bits per heavy atom. The largest absolute Gasteiger partial charge is 0.418 e. The molecule has 48 heavy (non-hydrogen) atoms. The van der Waals surface area contributed by atoms with Crippen molar-refractivity contribution in [1.29, 1.82) is 0 Å². The number of carbonyl (C=O) groups excluding carboxylic acids is 2. The fraction of sp³-hybridized carbons (Fsp3) is 0.294. The molecule has 1 aliphatic carbocycles. The molecular weight excluding hydrogens is 633 g/mol. The number of nitrogens with zero attached hydrogens (tertiary/aromatic N) is 5. The van der Waals surface area contributed by atoms with Gasteiger partial charge in [-0.1, -0.05) is 12.1 Å². The van der Waals surface area contributed by atoms with Crippen LogP contribution in [0.25, 0.3) is 22.3 Å². The number of ketones is 1. The maximum absolute atomic E-state index is 15.2. The number of benzene rings is 1. The van der Waals surface area contributed by atoms with E-state index in [-0.39, 0.29) is 45.8 Å². The fourth-order valence-electron chi connectivity index (χ4n) is 6.25. The van der Waals surface area contributed by atoms with Gasteiger partial charge in [0, 0.05) is 60.8 Å². The van der Waals surface area contributed by atoms with Crippen molar-refractivity contribution in [2.45, 2.75) is 44.8 Å². The monoisotopic (exact) mass is 663 g/mol. The highest BCUT2D eigenvalue weighted by molar-refractivity contribution is 6.10. The molecule has 2 N–H and O–H groups in total. The highest BCUT2D eigenvalue weighted by Crippen LogP contribution is 2.47. The van der Waals surface area contributed by atoms with Crippen LogP contribution < -0.4 is 15.5 Å². The summed E-state index contributed by atoms with van der Waals surface area (Å²) in [7, 11) is 1.67. The Morgan fingerprint density at radius 2 is 1.81 bits per heavy atom. The number of halogens is 5. The highest BCUT2D eigenvalue weighted by Gasteiger charge is 2.39. The normalized spacial score (nSPS) is 15.5. The van der Waals surface area contributed by atoms with E-state index in [2.05, 4.69) is 27.8 Å². The number of likely N-dealkylation sites (N-methyl/N-ethyl adjacent to an activating group) is 1. The third-order valence-electron chi connectivity index (χ3n) is 9.09. The van der Waals surface area contributed by atoms with Gasteiger partial charge in [-0.3, -0.25) is 14.0 Å². The Labute approximate surface area is 271 Å². The molecule has 0 bridgehead atoms. The number of nitrogens with one attached hydrogen (secondary N) is 2. The average Bonchev–Trinajstić information content (AvgIpc) is 3.48. The molecule has 7 rings (SSSR count). The van der Waals surface area contributed by atoms with Gasteiger partial charge in [-0.25, -0.2) is 8.78 Å². The second-order valence-electron chi connectivity index (χ2n) is 12.5. The summed E-state index contributed by atoms with van der Waals surface area (Å²) in [4.78, 5) is 27.9. The van der Waals surface area contributed by atoms with Crippen LogP contribution >= 0.6 is 0 Å². The van der Waals surface area contributed by atoms with E-state index in [1.54, 1.807) is 37.1 Å². The molecule has 1 aromatic carbocycles. The molecule has 5 aromatic rings. The van der Waals surface area contributed by atoms with E-state index >= 15 is 8.78 Å². The number of aromatic nitrogens is 4. The molecule has 0 spiro atoms. The van der Waals surface area contributed by atoms with Crippen molar-refractivity contribution in [2.24, 2.45) is 0 Å². The van der Waals surface area contributed by atoms with Gasteiger partial charge in [-0.05, 0) is 62.9 Å². The third-order valence-corrected chi connectivity index (χ3v) is 9.09. The molecule has 1 amide bonds.